The molecular formula is C21H21FN2OS. The Kier molecular flexibility index (Phi) is 6.12. The lowest BCUT2D eigenvalue weighted by molar-refractivity contribution is -0.121. The lowest BCUT2D eigenvalue weighted by Crippen LogP contribution is -2.34. The molecule has 0 aliphatic rings. The lowest BCUT2D eigenvalue weighted by Gasteiger charge is -2.13. The number of rotatable bonds is 7. The molecular weight excluding hydrogens is 347 g/mol. The number of thiazole rings is 1. The Morgan fingerprint density at radius 2 is 2.00 bits per heavy atom. The Labute approximate surface area is 156 Å². The molecule has 5 heteroatoms. The van der Waals surface area contributed by atoms with Crippen LogP contribution in [0.3, 0.4) is 0 Å². The van der Waals surface area contributed by atoms with Gasteiger partial charge in [-0.1, -0.05) is 42.5 Å². The summed E-state index contributed by atoms with van der Waals surface area (Å²) >= 11 is 1.42. The van der Waals surface area contributed by atoms with Crippen molar-refractivity contribution in [3.63, 3.8) is 0 Å². The van der Waals surface area contributed by atoms with Gasteiger partial charge in [0, 0.05) is 17.0 Å². The van der Waals surface area contributed by atoms with E-state index in [1.807, 2.05) is 36.6 Å². The highest BCUT2D eigenvalue weighted by Crippen LogP contribution is 2.24. The van der Waals surface area contributed by atoms with E-state index >= 15 is 0 Å². The number of aryl methyl sites for hydroxylation is 1. The maximum atomic E-state index is 13.3. The third kappa shape index (κ3) is 5.23. The summed E-state index contributed by atoms with van der Waals surface area (Å²) in [5.74, 6) is -0.328. The van der Waals surface area contributed by atoms with Gasteiger partial charge < -0.3 is 5.32 Å². The van der Waals surface area contributed by atoms with E-state index < -0.39 is 0 Å². The van der Waals surface area contributed by atoms with Crippen LogP contribution in [-0.2, 0) is 17.6 Å². The maximum absolute atomic E-state index is 13.3. The largest absolute Gasteiger partial charge is 0.353 e. The van der Waals surface area contributed by atoms with Crippen molar-refractivity contribution in [2.75, 3.05) is 0 Å². The monoisotopic (exact) mass is 368 g/mol. The van der Waals surface area contributed by atoms with Gasteiger partial charge in [0.1, 0.15) is 10.8 Å². The quantitative estimate of drug-likeness (QED) is 0.661. The summed E-state index contributed by atoms with van der Waals surface area (Å²) in [7, 11) is 0. The zero-order chi connectivity index (χ0) is 18.4. The minimum atomic E-state index is -0.288. The molecule has 3 aromatic rings. The number of hydrogen-bond donors (Lipinski definition) is 1. The Bertz CT molecular complexity index is 863. The van der Waals surface area contributed by atoms with Crippen LogP contribution in [0.1, 0.15) is 24.6 Å². The maximum Gasteiger partial charge on any atom is 0.226 e. The van der Waals surface area contributed by atoms with Gasteiger partial charge in [0.25, 0.3) is 0 Å². The van der Waals surface area contributed by atoms with Gasteiger partial charge in [0.05, 0.1) is 12.1 Å². The fourth-order valence-corrected chi connectivity index (χ4v) is 3.55. The molecule has 26 heavy (non-hydrogen) atoms. The predicted molar refractivity (Wildman–Crippen MR) is 104 cm³/mol. The number of carbonyl (C=O) groups is 1. The van der Waals surface area contributed by atoms with Gasteiger partial charge >= 0.3 is 0 Å². The summed E-state index contributed by atoms with van der Waals surface area (Å²) in [4.78, 5) is 16.7. The number of carbonyl (C=O) groups excluding carboxylic acids is 1. The van der Waals surface area contributed by atoms with E-state index in [0.29, 0.717) is 5.69 Å². The van der Waals surface area contributed by atoms with Crippen molar-refractivity contribution in [1.82, 2.24) is 10.3 Å². The Morgan fingerprint density at radius 3 is 2.77 bits per heavy atom. The minimum absolute atomic E-state index is 0.0401. The summed E-state index contributed by atoms with van der Waals surface area (Å²) in [5, 5.41) is 5.60. The molecule has 0 fully saturated rings. The summed E-state index contributed by atoms with van der Waals surface area (Å²) in [6.45, 7) is 2.01. The molecule has 3 nitrogen and oxygen atoms in total. The molecule has 1 atom stereocenters. The third-order valence-corrected chi connectivity index (χ3v) is 5.02. The van der Waals surface area contributed by atoms with Crippen molar-refractivity contribution < 1.29 is 9.18 Å². The molecule has 0 spiro atoms. The third-order valence-electron chi connectivity index (χ3n) is 4.08. The second kappa shape index (κ2) is 8.72. The molecule has 1 aromatic heterocycles. The smallest absolute Gasteiger partial charge is 0.226 e. The molecule has 2 aromatic carbocycles. The van der Waals surface area contributed by atoms with Gasteiger partial charge in [-0.15, -0.1) is 11.3 Å². The van der Waals surface area contributed by atoms with Crippen molar-refractivity contribution in [2.45, 2.75) is 32.2 Å². The first kappa shape index (κ1) is 18.3. The number of amides is 1. The number of halogens is 1. The topological polar surface area (TPSA) is 42.0 Å². The van der Waals surface area contributed by atoms with Crippen LogP contribution in [-0.4, -0.2) is 16.9 Å². The van der Waals surface area contributed by atoms with Crippen LogP contribution >= 0.6 is 11.3 Å². The Balaban J connectivity index is 1.50. The molecule has 1 amide bonds. The molecule has 0 saturated carbocycles. The summed E-state index contributed by atoms with van der Waals surface area (Å²) < 4.78 is 13.3. The standard InChI is InChI=1S/C21H21FN2OS/c1-15(10-11-16-6-3-2-4-7-16)23-20(25)13-19-14-26-21(24-19)17-8-5-9-18(22)12-17/h2-9,12,14-15H,10-11,13H2,1H3,(H,23,25). The summed E-state index contributed by atoms with van der Waals surface area (Å²) in [6, 6.07) is 16.7. The van der Waals surface area contributed by atoms with E-state index in [0.717, 1.165) is 23.4 Å². The van der Waals surface area contributed by atoms with Gasteiger partial charge in [-0.3, -0.25) is 4.79 Å². The van der Waals surface area contributed by atoms with Gasteiger partial charge in [0.2, 0.25) is 5.91 Å². The first-order valence-electron chi connectivity index (χ1n) is 8.64. The van der Waals surface area contributed by atoms with Crippen molar-refractivity contribution in [3.8, 4) is 10.6 Å². The normalized spacial score (nSPS) is 11.9. The van der Waals surface area contributed by atoms with Crippen LogP contribution < -0.4 is 5.32 Å². The van der Waals surface area contributed by atoms with E-state index in [1.54, 1.807) is 6.07 Å². The van der Waals surface area contributed by atoms with Crippen molar-refractivity contribution in [1.29, 1.82) is 0 Å². The van der Waals surface area contributed by atoms with E-state index in [9.17, 15) is 9.18 Å². The van der Waals surface area contributed by atoms with Gasteiger partial charge in [-0.25, -0.2) is 9.37 Å². The molecule has 1 N–H and O–H groups in total. The highest BCUT2D eigenvalue weighted by atomic mass is 32.1. The predicted octanol–water partition coefficient (Wildman–Crippen LogP) is 4.63. The molecule has 1 unspecified atom stereocenters. The van der Waals surface area contributed by atoms with E-state index in [4.69, 9.17) is 0 Å². The number of hydrogen-bond acceptors (Lipinski definition) is 3. The van der Waals surface area contributed by atoms with Crippen molar-refractivity contribution in [2.24, 2.45) is 0 Å². The first-order valence-corrected chi connectivity index (χ1v) is 9.52. The van der Waals surface area contributed by atoms with Gasteiger partial charge in [0.15, 0.2) is 0 Å². The number of aromatic nitrogens is 1. The summed E-state index contributed by atoms with van der Waals surface area (Å²) in [6.07, 6.45) is 2.06. The van der Waals surface area contributed by atoms with Crippen LogP contribution in [0.5, 0.6) is 0 Å². The molecule has 3 rings (SSSR count). The number of nitrogens with one attached hydrogen (secondary N) is 1. The molecule has 0 aliphatic heterocycles. The fraction of sp³-hybridized carbons (Fsp3) is 0.238. The lowest BCUT2D eigenvalue weighted by atomic mass is 10.1. The highest BCUT2D eigenvalue weighted by Gasteiger charge is 2.12. The first-order chi connectivity index (χ1) is 12.6. The van der Waals surface area contributed by atoms with Crippen molar-refractivity contribution >= 4 is 17.2 Å². The van der Waals surface area contributed by atoms with E-state index in [2.05, 4.69) is 22.4 Å². The zero-order valence-electron chi connectivity index (χ0n) is 14.6. The minimum Gasteiger partial charge on any atom is -0.353 e. The molecule has 1 heterocycles. The Hall–Kier alpha value is -2.53. The van der Waals surface area contributed by atoms with E-state index in [1.165, 1.54) is 29.0 Å². The second-order valence-electron chi connectivity index (χ2n) is 6.32. The average molecular weight is 368 g/mol. The fourth-order valence-electron chi connectivity index (χ4n) is 2.73. The van der Waals surface area contributed by atoms with Crippen LogP contribution in [0.4, 0.5) is 4.39 Å². The van der Waals surface area contributed by atoms with Crippen LogP contribution in [0.25, 0.3) is 10.6 Å². The zero-order valence-corrected chi connectivity index (χ0v) is 15.4. The van der Waals surface area contributed by atoms with Crippen molar-refractivity contribution in [3.05, 3.63) is 77.1 Å². The molecule has 134 valence electrons. The molecule has 0 aliphatic carbocycles. The highest BCUT2D eigenvalue weighted by molar-refractivity contribution is 7.13. The average Bonchev–Trinajstić information content (AvgIpc) is 3.09. The molecule has 0 radical (unpaired) electrons. The molecule has 0 bridgehead atoms. The van der Waals surface area contributed by atoms with E-state index in [-0.39, 0.29) is 24.2 Å². The SMILES string of the molecule is CC(CCc1ccccc1)NC(=O)Cc1csc(-c2cccc(F)c2)n1. The number of benzene rings is 2. The summed E-state index contributed by atoms with van der Waals surface area (Å²) in [5.41, 5.74) is 2.72. The van der Waals surface area contributed by atoms with Gasteiger partial charge in [-0.2, -0.15) is 0 Å². The van der Waals surface area contributed by atoms with Crippen LogP contribution in [0, 0.1) is 5.82 Å². The second-order valence-corrected chi connectivity index (χ2v) is 7.18. The van der Waals surface area contributed by atoms with Crippen LogP contribution in [0.2, 0.25) is 0 Å². The van der Waals surface area contributed by atoms with Gasteiger partial charge in [-0.05, 0) is 37.5 Å². The molecule has 0 saturated heterocycles. The number of nitrogens with zero attached hydrogens (tertiary/aromatic N) is 1. The van der Waals surface area contributed by atoms with Crippen LogP contribution in [0.15, 0.2) is 60.0 Å². The Morgan fingerprint density at radius 1 is 1.19 bits per heavy atom.